The molecule has 88 valence electrons. The molecule has 0 saturated carbocycles. The van der Waals surface area contributed by atoms with Crippen LogP contribution >= 0.6 is 23.4 Å². The van der Waals surface area contributed by atoms with E-state index in [1.807, 2.05) is 36.4 Å². The van der Waals surface area contributed by atoms with Gasteiger partial charge in [-0.2, -0.15) is 0 Å². The molecular weight excluding hydrogens is 264 g/mol. The van der Waals surface area contributed by atoms with Crippen molar-refractivity contribution in [3.63, 3.8) is 0 Å². The minimum Gasteiger partial charge on any atom is -0.236 e. The summed E-state index contributed by atoms with van der Waals surface area (Å²) in [6, 6.07) is 15.8. The molecule has 0 spiro atoms. The van der Waals surface area contributed by atoms with Crippen molar-refractivity contribution in [3.05, 3.63) is 59.9 Å². The molecule has 0 aliphatic heterocycles. The van der Waals surface area contributed by atoms with Crippen molar-refractivity contribution in [2.45, 2.75) is 9.92 Å². The van der Waals surface area contributed by atoms with E-state index in [1.165, 1.54) is 0 Å². The largest absolute Gasteiger partial charge is 0.236 e. The summed E-state index contributed by atoms with van der Waals surface area (Å²) in [5.41, 5.74) is 0.871. The average molecular weight is 273 g/mol. The van der Waals surface area contributed by atoms with Crippen LogP contribution in [0.4, 0.5) is 0 Å². The van der Waals surface area contributed by atoms with Crippen LogP contribution in [0.5, 0.6) is 0 Å². The Bertz CT molecular complexity index is 686. The van der Waals surface area contributed by atoms with Crippen molar-refractivity contribution in [1.29, 1.82) is 0 Å². The number of fused-ring (bicyclic) bond motifs is 1. The van der Waals surface area contributed by atoms with Gasteiger partial charge in [-0.15, -0.1) is 0 Å². The Morgan fingerprint density at radius 2 is 1.78 bits per heavy atom. The summed E-state index contributed by atoms with van der Waals surface area (Å²) >= 11 is 7.59. The molecular formula is C14H9ClN2S. The van der Waals surface area contributed by atoms with Gasteiger partial charge in [0.25, 0.3) is 0 Å². The minimum atomic E-state index is 0.692. The highest BCUT2D eigenvalue weighted by atomic mass is 35.5. The van der Waals surface area contributed by atoms with Crippen molar-refractivity contribution in [2.24, 2.45) is 0 Å². The summed E-state index contributed by atoms with van der Waals surface area (Å²) in [5.74, 6) is 0. The van der Waals surface area contributed by atoms with Gasteiger partial charge in [-0.1, -0.05) is 41.6 Å². The summed E-state index contributed by atoms with van der Waals surface area (Å²) < 4.78 is 0. The fraction of sp³-hybridized carbons (Fsp3) is 0. The molecule has 0 fully saturated rings. The van der Waals surface area contributed by atoms with Crippen molar-refractivity contribution < 1.29 is 0 Å². The third kappa shape index (κ3) is 2.33. The maximum Gasteiger partial charge on any atom is 0.117 e. The van der Waals surface area contributed by atoms with Crippen molar-refractivity contribution in [2.75, 3.05) is 0 Å². The molecule has 4 heteroatoms. The van der Waals surface area contributed by atoms with Gasteiger partial charge in [0, 0.05) is 15.3 Å². The molecule has 0 unspecified atom stereocenters. The first kappa shape index (κ1) is 11.5. The maximum atomic E-state index is 5.96. The fourth-order valence-electron chi connectivity index (χ4n) is 1.69. The molecule has 0 aliphatic rings. The van der Waals surface area contributed by atoms with E-state index in [1.54, 1.807) is 18.1 Å². The van der Waals surface area contributed by atoms with E-state index in [9.17, 15) is 0 Å². The Balaban J connectivity index is 2.07. The fourth-order valence-corrected chi connectivity index (χ4v) is 2.75. The van der Waals surface area contributed by atoms with Crippen molar-refractivity contribution >= 4 is 34.3 Å². The molecule has 1 aromatic heterocycles. The quantitative estimate of drug-likeness (QED) is 0.645. The Kier molecular flexibility index (Phi) is 3.17. The van der Waals surface area contributed by atoms with Gasteiger partial charge < -0.3 is 0 Å². The highest BCUT2D eigenvalue weighted by Crippen LogP contribution is 2.31. The van der Waals surface area contributed by atoms with Crippen LogP contribution < -0.4 is 0 Å². The van der Waals surface area contributed by atoms with Crippen LogP contribution in [0.15, 0.2) is 64.8 Å². The van der Waals surface area contributed by atoms with Gasteiger partial charge in [0.1, 0.15) is 11.4 Å². The molecule has 0 atom stereocenters. The Morgan fingerprint density at radius 3 is 2.61 bits per heavy atom. The summed E-state index contributed by atoms with van der Waals surface area (Å²) in [5, 5.41) is 2.66. The normalized spacial score (nSPS) is 10.7. The monoisotopic (exact) mass is 272 g/mol. The van der Waals surface area contributed by atoms with Crippen LogP contribution in [0.3, 0.4) is 0 Å². The van der Waals surface area contributed by atoms with E-state index >= 15 is 0 Å². The third-order valence-corrected chi connectivity index (χ3v) is 3.78. The Labute approximate surface area is 114 Å². The number of rotatable bonds is 2. The lowest BCUT2D eigenvalue weighted by molar-refractivity contribution is 1.10. The minimum absolute atomic E-state index is 0.692. The number of hydrogen-bond acceptors (Lipinski definition) is 3. The number of aromatic nitrogens is 2. The molecule has 0 aliphatic carbocycles. The predicted octanol–water partition coefficient (Wildman–Crippen LogP) is 4.43. The number of benzene rings is 2. The molecule has 0 N–H and O–H groups in total. The second kappa shape index (κ2) is 4.96. The van der Waals surface area contributed by atoms with Gasteiger partial charge in [0.2, 0.25) is 0 Å². The first-order valence-corrected chi connectivity index (χ1v) is 6.65. The van der Waals surface area contributed by atoms with Gasteiger partial charge in [-0.3, -0.25) is 0 Å². The molecule has 1 heterocycles. The number of hydrogen-bond donors (Lipinski definition) is 0. The molecule has 2 aromatic carbocycles. The van der Waals surface area contributed by atoms with Crippen LogP contribution in [0.25, 0.3) is 10.9 Å². The average Bonchev–Trinajstić information content (AvgIpc) is 2.40. The number of halogens is 1. The molecule has 2 nitrogen and oxygen atoms in total. The molecule has 0 amide bonds. The highest BCUT2D eigenvalue weighted by molar-refractivity contribution is 7.99. The lowest BCUT2D eigenvalue weighted by Crippen LogP contribution is -1.86. The van der Waals surface area contributed by atoms with Gasteiger partial charge >= 0.3 is 0 Å². The Morgan fingerprint density at radius 1 is 0.944 bits per heavy atom. The van der Waals surface area contributed by atoms with Gasteiger partial charge in [-0.25, -0.2) is 9.97 Å². The standard InChI is InChI=1S/C14H9ClN2S/c15-10-6-7-12-13(8-10)16-9-17-14(12)18-11-4-2-1-3-5-11/h1-9H. The van der Waals surface area contributed by atoms with Crippen LogP contribution in [0.2, 0.25) is 5.02 Å². The Hall–Kier alpha value is -1.58. The maximum absolute atomic E-state index is 5.96. The van der Waals surface area contributed by atoms with E-state index in [4.69, 9.17) is 11.6 Å². The summed E-state index contributed by atoms with van der Waals surface area (Å²) in [4.78, 5) is 9.74. The number of nitrogens with zero attached hydrogens (tertiary/aromatic N) is 2. The molecule has 18 heavy (non-hydrogen) atoms. The molecule has 0 bridgehead atoms. The van der Waals surface area contributed by atoms with Gasteiger partial charge in [0.05, 0.1) is 5.52 Å². The summed E-state index contributed by atoms with van der Waals surface area (Å²) in [6.45, 7) is 0. The summed E-state index contributed by atoms with van der Waals surface area (Å²) in [6.07, 6.45) is 1.57. The van der Waals surface area contributed by atoms with Crippen molar-refractivity contribution in [1.82, 2.24) is 9.97 Å². The van der Waals surface area contributed by atoms with Gasteiger partial charge in [0.15, 0.2) is 0 Å². The smallest absolute Gasteiger partial charge is 0.117 e. The molecule has 0 radical (unpaired) electrons. The van der Waals surface area contributed by atoms with Crippen LogP contribution in [-0.4, -0.2) is 9.97 Å². The van der Waals surface area contributed by atoms with Crippen LogP contribution in [0.1, 0.15) is 0 Å². The first-order valence-electron chi connectivity index (χ1n) is 5.46. The zero-order chi connectivity index (χ0) is 12.4. The van der Waals surface area contributed by atoms with Crippen LogP contribution in [0, 0.1) is 0 Å². The van der Waals surface area contributed by atoms with E-state index in [-0.39, 0.29) is 0 Å². The highest BCUT2D eigenvalue weighted by Gasteiger charge is 2.05. The first-order chi connectivity index (χ1) is 8.83. The van der Waals surface area contributed by atoms with E-state index in [0.29, 0.717) is 5.02 Å². The zero-order valence-corrected chi connectivity index (χ0v) is 10.9. The predicted molar refractivity (Wildman–Crippen MR) is 75.1 cm³/mol. The van der Waals surface area contributed by atoms with E-state index < -0.39 is 0 Å². The molecule has 0 saturated heterocycles. The second-order valence-electron chi connectivity index (χ2n) is 3.76. The second-order valence-corrected chi connectivity index (χ2v) is 5.25. The van der Waals surface area contributed by atoms with Gasteiger partial charge in [-0.05, 0) is 30.3 Å². The molecule has 3 aromatic rings. The van der Waals surface area contributed by atoms with Crippen LogP contribution in [-0.2, 0) is 0 Å². The lowest BCUT2D eigenvalue weighted by atomic mass is 10.2. The zero-order valence-electron chi connectivity index (χ0n) is 9.38. The van der Waals surface area contributed by atoms with E-state index in [2.05, 4.69) is 22.1 Å². The molecule has 3 rings (SSSR count). The summed E-state index contributed by atoms with van der Waals surface area (Å²) in [7, 11) is 0. The van der Waals surface area contributed by atoms with E-state index in [0.717, 1.165) is 20.8 Å². The topological polar surface area (TPSA) is 25.8 Å². The lowest BCUT2D eigenvalue weighted by Gasteiger charge is -2.04. The van der Waals surface area contributed by atoms with Crippen molar-refractivity contribution in [3.8, 4) is 0 Å². The third-order valence-electron chi connectivity index (χ3n) is 2.52. The SMILES string of the molecule is Clc1ccc2c(Sc3ccccc3)ncnc2c1.